The number of carboxylic acids is 1. The van der Waals surface area contributed by atoms with E-state index in [1.807, 2.05) is 0 Å². The first-order valence-electron chi connectivity index (χ1n) is 16.5. The van der Waals surface area contributed by atoms with E-state index in [0.29, 0.717) is 0 Å². The molecule has 1 aliphatic rings. The van der Waals surface area contributed by atoms with Gasteiger partial charge in [0.2, 0.25) is 0 Å². The molecule has 0 saturated carbocycles. The maximum atomic E-state index is 13.0. The third kappa shape index (κ3) is 11.1. The van der Waals surface area contributed by atoms with Gasteiger partial charge in [0.05, 0.1) is 5.41 Å². The van der Waals surface area contributed by atoms with E-state index in [0.717, 1.165) is 37.7 Å². The van der Waals surface area contributed by atoms with Gasteiger partial charge in [-0.25, -0.2) is 0 Å². The van der Waals surface area contributed by atoms with Crippen molar-refractivity contribution in [2.24, 2.45) is 5.92 Å². The van der Waals surface area contributed by atoms with Gasteiger partial charge in [0, 0.05) is 0 Å². The summed E-state index contributed by atoms with van der Waals surface area (Å²) in [5.74, 6) is -0.278. The molecule has 2 rings (SSSR count). The number of carbonyl (C=O) groups is 1. The van der Waals surface area contributed by atoms with Crippen molar-refractivity contribution >= 4 is 5.97 Å². The lowest BCUT2D eigenvalue weighted by Crippen LogP contribution is -2.46. The topological polar surface area (TPSA) is 37.3 Å². The maximum absolute atomic E-state index is 13.0. The molecule has 212 valence electrons. The van der Waals surface area contributed by atoms with E-state index < -0.39 is 11.4 Å². The first-order valence-corrected chi connectivity index (χ1v) is 16.5. The fourth-order valence-corrected chi connectivity index (χ4v) is 6.87. The highest BCUT2D eigenvalue weighted by Gasteiger charge is 2.49. The quantitative estimate of drug-likeness (QED) is 0.148. The molecule has 0 fully saturated rings. The standard InChI is InChI=1S/C35H60O2/c1-3-5-7-9-11-13-15-17-19-21-26-32-29-28-31-25-22-23-27-33(31)35(32,34(36)37)30-24-20-18-16-14-12-10-8-6-4-2/h22-23,25,27,32H,3-21,24,26,28-30H2,1-2H3,(H,36,37). The van der Waals surface area contributed by atoms with Gasteiger partial charge in [-0.05, 0) is 42.7 Å². The van der Waals surface area contributed by atoms with Gasteiger partial charge in [-0.1, -0.05) is 167 Å². The van der Waals surface area contributed by atoms with Crippen LogP contribution >= 0.6 is 0 Å². The number of aliphatic carboxylic acids is 1. The Labute approximate surface area is 230 Å². The van der Waals surface area contributed by atoms with Crippen LogP contribution in [-0.4, -0.2) is 11.1 Å². The Morgan fingerprint density at radius 1 is 0.703 bits per heavy atom. The van der Waals surface area contributed by atoms with Crippen molar-refractivity contribution in [2.45, 2.75) is 173 Å². The van der Waals surface area contributed by atoms with Crippen molar-refractivity contribution in [1.29, 1.82) is 0 Å². The number of fused-ring (bicyclic) bond motifs is 1. The minimum Gasteiger partial charge on any atom is -0.481 e. The molecule has 1 aromatic carbocycles. The third-order valence-electron chi connectivity index (χ3n) is 9.17. The Morgan fingerprint density at radius 3 is 1.68 bits per heavy atom. The molecule has 37 heavy (non-hydrogen) atoms. The summed E-state index contributed by atoms with van der Waals surface area (Å²) in [6.07, 6.45) is 30.3. The number of hydrogen-bond acceptors (Lipinski definition) is 1. The summed E-state index contributed by atoms with van der Waals surface area (Å²) in [6, 6.07) is 8.49. The summed E-state index contributed by atoms with van der Waals surface area (Å²) < 4.78 is 0. The summed E-state index contributed by atoms with van der Waals surface area (Å²) in [5, 5.41) is 10.7. The molecule has 2 atom stereocenters. The molecule has 1 aliphatic carbocycles. The number of carboxylic acid groups (broad SMARTS) is 1. The van der Waals surface area contributed by atoms with Crippen molar-refractivity contribution in [3.8, 4) is 0 Å². The van der Waals surface area contributed by atoms with Gasteiger partial charge in [0.25, 0.3) is 0 Å². The zero-order chi connectivity index (χ0) is 26.6. The van der Waals surface area contributed by atoms with Gasteiger partial charge >= 0.3 is 5.97 Å². The number of rotatable bonds is 23. The molecule has 0 aromatic heterocycles. The lowest BCUT2D eigenvalue weighted by atomic mass is 9.59. The van der Waals surface area contributed by atoms with Crippen LogP contribution in [0.1, 0.15) is 173 Å². The van der Waals surface area contributed by atoms with Crippen LogP contribution in [0.4, 0.5) is 0 Å². The second-order valence-corrected chi connectivity index (χ2v) is 12.1. The zero-order valence-corrected chi connectivity index (χ0v) is 24.7. The molecule has 0 saturated heterocycles. The lowest BCUT2D eigenvalue weighted by Gasteiger charge is -2.43. The summed E-state index contributed by atoms with van der Waals surface area (Å²) in [7, 11) is 0. The van der Waals surface area contributed by atoms with E-state index in [9.17, 15) is 9.90 Å². The van der Waals surface area contributed by atoms with Gasteiger partial charge in [-0.15, -0.1) is 0 Å². The Balaban J connectivity index is 1.82. The number of unbranched alkanes of at least 4 members (excludes halogenated alkanes) is 18. The second-order valence-electron chi connectivity index (χ2n) is 12.1. The van der Waals surface area contributed by atoms with Crippen LogP contribution in [0.2, 0.25) is 0 Å². The largest absolute Gasteiger partial charge is 0.481 e. The molecule has 2 nitrogen and oxygen atoms in total. The van der Waals surface area contributed by atoms with Crippen molar-refractivity contribution in [3.63, 3.8) is 0 Å². The molecule has 0 aliphatic heterocycles. The van der Waals surface area contributed by atoms with Gasteiger partial charge < -0.3 is 5.11 Å². The minimum atomic E-state index is -0.672. The number of benzene rings is 1. The molecule has 0 radical (unpaired) electrons. The van der Waals surface area contributed by atoms with Crippen LogP contribution < -0.4 is 0 Å². The van der Waals surface area contributed by atoms with Crippen molar-refractivity contribution in [2.75, 3.05) is 0 Å². The third-order valence-corrected chi connectivity index (χ3v) is 9.17. The molecular weight excluding hydrogens is 452 g/mol. The SMILES string of the molecule is CCCCCCCCCCCCC1CCc2ccccc2C1(CCCCCCCCCCCC)C(=O)O. The van der Waals surface area contributed by atoms with Crippen LogP contribution in [-0.2, 0) is 16.6 Å². The molecule has 1 N–H and O–H groups in total. The Bertz CT molecular complexity index is 711. The number of aryl methyl sites for hydroxylation is 1. The summed E-state index contributed by atoms with van der Waals surface area (Å²) >= 11 is 0. The monoisotopic (exact) mass is 512 g/mol. The first kappa shape index (κ1) is 31.9. The number of hydrogen-bond donors (Lipinski definition) is 1. The molecule has 2 unspecified atom stereocenters. The van der Waals surface area contributed by atoms with E-state index in [1.54, 1.807) is 0 Å². The fraction of sp³-hybridized carbons (Fsp3) is 0.800. The van der Waals surface area contributed by atoms with Crippen LogP contribution in [0.25, 0.3) is 0 Å². The average Bonchev–Trinajstić information content (AvgIpc) is 2.91. The predicted molar refractivity (Wildman–Crippen MR) is 160 cm³/mol. The van der Waals surface area contributed by atoms with Crippen LogP contribution in [0.3, 0.4) is 0 Å². The van der Waals surface area contributed by atoms with E-state index >= 15 is 0 Å². The molecule has 0 heterocycles. The maximum Gasteiger partial charge on any atom is 0.314 e. The highest BCUT2D eigenvalue weighted by Crippen LogP contribution is 2.47. The van der Waals surface area contributed by atoms with Gasteiger partial charge in [-0.3, -0.25) is 4.79 Å². The molecule has 0 amide bonds. The van der Waals surface area contributed by atoms with Gasteiger partial charge in [-0.2, -0.15) is 0 Å². The highest BCUT2D eigenvalue weighted by atomic mass is 16.4. The van der Waals surface area contributed by atoms with Crippen molar-refractivity contribution in [3.05, 3.63) is 35.4 Å². The lowest BCUT2D eigenvalue weighted by molar-refractivity contribution is -0.147. The molecule has 1 aromatic rings. The van der Waals surface area contributed by atoms with E-state index in [1.165, 1.54) is 128 Å². The van der Waals surface area contributed by atoms with Crippen molar-refractivity contribution < 1.29 is 9.90 Å². The van der Waals surface area contributed by atoms with Crippen LogP contribution in [0, 0.1) is 5.92 Å². The Morgan fingerprint density at radius 2 is 1.16 bits per heavy atom. The fourth-order valence-electron chi connectivity index (χ4n) is 6.87. The summed E-state index contributed by atoms with van der Waals surface area (Å²) in [4.78, 5) is 13.0. The second kappa shape index (κ2) is 19.7. The van der Waals surface area contributed by atoms with Crippen LogP contribution in [0.15, 0.2) is 24.3 Å². The average molecular weight is 513 g/mol. The van der Waals surface area contributed by atoms with Crippen molar-refractivity contribution in [1.82, 2.24) is 0 Å². The smallest absolute Gasteiger partial charge is 0.314 e. The predicted octanol–water partition coefficient (Wildman–Crippen LogP) is 11.2. The highest BCUT2D eigenvalue weighted by molar-refractivity contribution is 5.83. The van der Waals surface area contributed by atoms with E-state index in [2.05, 4.69) is 38.1 Å². The van der Waals surface area contributed by atoms with Crippen LogP contribution in [0.5, 0.6) is 0 Å². The molecular formula is C35H60O2. The Kier molecular flexibility index (Phi) is 17.0. The molecule has 0 bridgehead atoms. The molecule has 2 heteroatoms. The Hall–Kier alpha value is -1.31. The normalized spacial score (nSPS) is 19.1. The first-order chi connectivity index (χ1) is 18.2. The van der Waals surface area contributed by atoms with E-state index in [-0.39, 0.29) is 5.92 Å². The van der Waals surface area contributed by atoms with Gasteiger partial charge in [0.15, 0.2) is 0 Å². The van der Waals surface area contributed by atoms with Gasteiger partial charge in [0.1, 0.15) is 0 Å². The summed E-state index contributed by atoms with van der Waals surface area (Å²) in [6.45, 7) is 4.55. The minimum absolute atomic E-state index is 0.285. The molecule has 0 spiro atoms. The summed E-state index contributed by atoms with van der Waals surface area (Å²) in [5.41, 5.74) is 1.76. The zero-order valence-electron chi connectivity index (χ0n) is 24.7. The van der Waals surface area contributed by atoms with E-state index in [4.69, 9.17) is 0 Å².